The second kappa shape index (κ2) is 13.1. The van der Waals surface area contributed by atoms with Gasteiger partial charge in [-0.2, -0.15) is 0 Å². The van der Waals surface area contributed by atoms with E-state index in [0.717, 1.165) is 32.6 Å². The Hall–Kier alpha value is -4.65. The molecular weight excluding hydrogens is 526 g/mol. The summed E-state index contributed by atoms with van der Waals surface area (Å²) in [6.07, 6.45) is -0.989. The first-order chi connectivity index (χ1) is 20.2. The van der Waals surface area contributed by atoms with Crippen molar-refractivity contribution in [2.75, 3.05) is 19.5 Å². The van der Waals surface area contributed by atoms with Crippen LogP contribution in [0.5, 0.6) is 5.75 Å². The number of anilines is 1. The highest BCUT2D eigenvalue weighted by atomic mass is 28.4. The Morgan fingerprint density at radius 1 is 0.610 bits per heavy atom. The molecule has 206 valence electrons. The predicted molar refractivity (Wildman–Crippen MR) is 167 cm³/mol. The number of hydrogen-bond acceptors (Lipinski definition) is 5. The number of carbonyl (C=O) groups excluding carboxylic acids is 1. The third kappa shape index (κ3) is 6.09. The Morgan fingerprint density at radius 2 is 1.05 bits per heavy atom. The van der Waals surface area contributed by atoms with E-state index in [9.17, 15) is 4.79 Å². The highest BCUT2D eigenvalue weighted by Gasteiger charge is 2.47. The molecule has 2 unspecified atom stereocenters. The fraction of sp³-hybridized carbons (Fsp3) is 0.114. The van der Waals surface area contributed by atoms with Crippen LogP contribution >= 0.6 is 0 Å². The maximum absolute atomic E-state index is 13.8. The van der Waals surface area contributed by atoms with Gasteiger partial charge < -0.3 is 19.2 Å². The van der Waals surface area contributed by atoms with Crippen LogP contribution in [0.3, 0.4) is 0 Å². The third-order valence-electron chi connectivity index (χ3n) is 7.15. The van der Waals surface area contributed by atoms with Gasteiger partial charge in [0.2, 0.25) is 0 Å². The lowest BCUT2D eigenvalue weighted by molar-refractivity contribution is -0.149. The predicted octanol–water partition coefficient (Wildman–Crippen LogP) is 5.07. The SMILES string of the molecule is COC(=O)C(O[Si](c1ccccc1)(c1ccccc1)c1ccccc1)C(Nc1ccc(OC)cc1)c1ccccc1. The van der Waals surface area contributed by atoms with E-state index >= 15 is 0 Å². The molecule has 0 aliphatic carbocycles. The molecule has 0 saturated heterocycles. The number of esters is 1. The topological polar surface area (TPSA) is 56.8 Å². The second-order valence-electron chi connectivity index (χ2n) is 9.60. The molecule has 5 rings (SSSR count). The Bertz CT molecular complexity index is 1420. The summed E-state index contributed by atoms with van der Waals surface area (Å²) >= 11 is 0. The van der Waals surface area contributed by atoms with E-state index in [2.05, 4.69) is 41.7 Å². The van der Waals surface area contributed by atoms with Gasteiger partial charge in [-0.15, -0.1) is 0 Å². The van der Waals surface area contributed by atoms with Gasteiger partial charge in [0.05, 0.1) is 20.3 Å². The van der Waals surface area contributed by atoms with Crippen molar-refractivity contribution in [1.29, 1.82) is 0 Å². The zero-order chi connectivity index (χ0) is 28.5. The van der Waals surface area contributed by atoms with Gasteiger partial charge in [-0.1, -0.05) is 121 Å². The molecule has 0 spiro atoms. The first-order valence-electron chi connectivity index (χ1n) is 13.5. The van der Waals surface area contributed by atoms with Gasteiger partial charge in [0, 0.05) is 5.69 Å². The minimum atomic E-state index is -3.25. The monoisotopic (exact) mass is 559 g/mol. The first-order valence-corrected chi connectivity index (χ1v) is 15.4. The lowest BCUT2D eigenvalue weighted by Gasteiger charge is -2.38. The van der Waals surface area contributed by atoms with E-state index in [1.807, 2.05) is 109 Å². The minimum Gasteiger partial charge on any atom is -0.497 e. The summed E-state index contributed by atoms with van der Waals surface area (Å²) in [6, 6.07) is 47.6. The maximum Gasteiger partial charge on any atom is 0.336 e. The molecule has 41 heavy (non-hydrogen) atoms. The smallest absolute Gasteiger partial charge is 0.336 e. The highest BCUT2D eigenvalue weighted by molar-refractivity contribution is 7.07. The van der Waals surface area contributed by atoms with Gasteiger partial charge >= 0.3 is 5.97 Å². The van der Waals surface area contributed by atoms with E-state index in [0.29, 0.717) is 0 Å². The summed E-state index contributed by atoms with van der Waals surface area (Å²) < 4.78 is 18.2. The Morgan fingerprint density at radius 3 is 1.46 bits per heavy atom. The molecule has 1 N–H and O–H groups in total. The highest BCUT2D eigenvalue weighted by Crippen LogP contribution is 2.29. The molecule has 2 atom stereocenters. The quantitative estimate of drug-likeness (QED) is 0.139. The lowest BCUT2D eigenvalue weighted by Crippen LogP contribution is -2.71. The van der Waals surface area contributed by atoms with E-state index in [-0.39, 0.29) is 0 Å². The lowest BCUT2D eigenvalue weighted by atomic mass is 10.0. The molecule has 5 aromatic carbocycles. The molecule has 0 amide bonds. The summed E-state index contributed by atoms with van der Waals surface area (Å²) in [4.78, 5) is 13.8. The fourth-order valence-electron chi connectivity index (χ4n) is 5.14. The van der Waals surface area contributed by atoms with Gasteiger partial charge in [0.25, 0.3) is 8.32 Å². The summed E-state index contributed by atoms with van der Waals surface area (Å²) in [5, 5.41) is 6.67. The minimum absolute atomic E-state index is 0.459. The average molecular weight is 560 g/mol. The van der Waals surface area contributed by atoms with Gasteiger partial charge in [0.1, 0.15) is 5.75 Å². The molecule has 5 aromatic rings. The second-order valence-corrected chi connectivity index (χ2v) is 12.9. The molecule has 0 saturated carbocycles. The number of ether oxygens (including phenoxy) is 2. The normalized spacial score (nSPS) is 12.6. The molecule has 0 bridgehead atoms. The first kappa shape index (κ1) is 27.9. The molecule has 5 nitrogen and oxygen atoms in total. The van der Waals surface area contributed by atoms with Gasteiger partial charge in [-0.25, -0.2) is 4.79 Å². The van der Waals surface area contributed by atoms with Crippen LogP contribution in [-0.2, 0) is 14.0 Å². The molecule has 0 radical (unpaired) electrons. The zero-order valence-corrected chi connectivity index (χ0v) is 24.1. The van der Waals surface area contributed by atoms with Crippen LogP contribution in [0.1, 0.15) is 11.6 Å². The van der Waals surface area contributed by atoms with E-state index in [1.165, 1.54) is 7.11 Å². The van der Waals surface area contributed by atoms with Crippen molar-refractivity contribution < 1.29 is 18.7 Å². The fourth-order valence-corrected chi connectivity index (χ4v) is 9.15. The number of benzene rings is 5. The average Bonchev–Trinajstić information content (AvgIpc) is 3.06. The van der Waals surface area contributed by atoms with Crippen molar-refractivity contribution in [3.63, 3.8) is 0 Å². The van der Waals surface area contributed by atoms with Crippen molar-refractivity contribution >= 4 is 35.5 Å². The summed E-state index contributed by atoms with van der Waals surface area (Å²) in [5.41, 5.74) is 1.72. The van der Waals surface area contributed by atoms with Crippen LogP contribution in [-0.4, -0.2) is 34.6 Å². The number of hydrogen-bond donors (Lipinski definition) is 1. The van der Waals surface area contributed by atoms with Crippen LogP contribution in [0.2, 0.25) is 0 Å². The molecule has 0 aliphatic rings. The molecule has 0 heterocycles. The molecule has 6 heteroatoms. The zero-order valence-electron chi connectivity index (χ0n) is 23.1. The standard InChI is InChI=1S/C35H33NO4Si/c1-38-29-25-23-28(24-26-29)36-33(27-15-7-3-8-16-27)34(35(37)39-2)40-41(30-17-9-4-10-18-30,31-19-11-5-12-20-31)32-21-13-6-14-22-32/h3-26,33-34,36H,1-2H3. The van der Waals surface area contributed by atoms with Crippen LogP contribution in [0.15, 0.2) is 146 Å². The Labute approximate surface area is 242 Å². The van der Waals surface area contributed by atoms with Crippen LogP contribution in [0.4, 0.5) is 5.69 Å². The van der Waals surface area contributed by atoms with E-state index < -0.39 is 26.4 Å². The molecular formula is C35H33NO4Si. The van der Waals surface area contributed by atoms with Crippen LogP contribution < -0.4 is 25.6 Å². The van der Waals surface area contributed by atoms with Crippen molar-refractivity contribution in [3.05, 3.63) is 151 Å². The molecule has 0 fully saturated rings. The van der Waals surface area contributed by atoms with Gasteiger partial charge in [-0.3, -0.25) is 0 Å². The Kier molecular flexibility index (Phi) is 8.94. The van der Waals surface area contributed by atoms with Crippen molar-refractivity contribution in [2.24, 2.45) is 0 Å². The summed E-state index contributed by atoms with van der Waals surface area (Å²) in [7, 11) is -0.211. The van der Waals surface area contributed by atoms with Crippen molar-refractivity contribution in [2.45, 2.75) is 12.1 Å². The third-order valence-corrected chi connectivity index (χ3v) is 11.2. The number of methoxy groups -OCH3 is 2. The van der Waals surface area contributed by atoms with E-state index in [1.54, 1.807) is 7.11 Å². The van der Waals surface area contributed by atoms with Crippen LogP contribution in [0, 0.1) is 0 Å². The summed E-state index contributed by atoms with van der Waals surface area (Å²) in [5.74, 6) is 0.288. The summed E-state index contributed by atoms with van der Waals surface area (Å²) in [6.45, 7) is 0. The molecule has 0 aromatic heterocycles. The maximum atomic E-state index is 13.8. The van der Waals surface area contributed by atoms with Crippen molar-refractivity contribution in [3.8, 4) is 5.75 Å². The van der Waals surface area contributed by atoms with Crippen LogP contribution in [0.25, 0.3) is 0 Å². The molecule has 0 aliphatic heterocycles. The number of nitrogens with one attached hydrogen (secondary N) is 1. The van der Waals surface area contributed by atoms with Gasteiger partial charge in [0.15, 0.2) is 6.10 Å². The van der Waals surface area contributed by atoms with Gasteiger partial charge in [-0.05, 0) is 45.4 Å². The van der Waals surface area contributed by atoms with E-state index in [4.69, 9.17) is 13.9 Å². The Balaban J connectivity index is 1.71. The number of carbonyl (C=O) groups is 1. The number of rotatable bonds is 11. The van der Waals surface area contributed by atoms with Crippen molar-refractivity contribution in [1.82, 2.24) is 0 Å². The largest absolute Gasteiger partial charge is 0.497 e.